The van der Waals surface area contributed by atoms with Crippen LogP contribution in [0.2, 0.25) is 0 Å². The molecule has 1 aliphatic heterocycles. The first-order chi connectivity index (χ1) is 11.1. The largest absolute Gasteiger partial charge is 0.311 e. The number of carbonyl (C=O) groups is 1. The Labute approximate surface area is 142 Å². The zero-order valence-electron chi connectivity index (χ0n) is 14.2. The number of hydrogen-bond acceptors (Lipinski definition) is 5. The quantitative estimate of drug-likeness (QED) is 0.867. The lowest BCUT2D eigenvalue weighted by atomic mass is 10.0. The Morgan fingerprint density at radius 1 is 1.35 bits per heavy atom. The number of nitrogens with zero attached hydrogens (tertiary/aromatic N) is 2. The molecule has 0 radical (unpaired) electrons. The van der Waals surface area contributed by atoms with Gasteiger partial charge in [0, 0.05) is 23.5 Å². The van der Waals surface area contributed by atoms with E-state index in [9.17, 15) is 4.79 Å². The number of aromatic nitrogens is 1. The number of aryl methyl sites for hydroxylation is 2. The van der Waals surface area contributed by atoms with Crippen molar-refractivity contribution >= 4 is 22.4 Å². The monoisotopic (exact) mass is 336 g/mol. The summed E-state index contributed by atoms with van der Waals surface area (Å²) in [6.45, 7) is 6.80. The maximum absolute atomic E-state index is 12.3. The maximum atomic E-state index is 12.3. The van der Waals surface area contributed by atoms with Crippen molar-refractivity contribution < 1.29 is 4.79 Å². The summed E-state index contributed by atoms with van der Waals surface area (Å²) in [5.41, 5.74) is 1.20. The number of hydrogen-bond donors (Lipinski definition) is 2. The van der Waals surface area contributed by atoms with Crippen LogP contribution in [-0.4, -0.2) is 47.5 Å². The molecule has 1 amide bonds. The van der Waals surface area contributed by atoms with Gasteiger partial charge in [0.15, 0.2) is 5.13 Å². The van der Waals surface area contributed by atoms with Crippen molar-refractivity contribution in [2.75, 3.05) is 25.0 Å². The van der Waals surface area contributed by atoms with Gasteiger partial charge < -0.3 is 10.6 Å². The Balaban J connectivity index is 1.49. The molecule has 0 saturated carbocycles. The molecule has 1 atom stereocenters. The highest BCUT2D eigenvalue weighted by Crippen LogP contribution is 2.29. The number of carbonyl (C=O) groups excluding carboxylic acids is 1. The lowest BCUT2D eigenvalue weighted by molar-refractivity contribution is -0.117. The normalized spacial score (nSPS) is 22.1. The Bertz CT molecular complexity index is 519. The molecule has 0 spiro atoms. The summed E-state index contributed by atoms with van der Waals surface area (Å²) in [5, 5.41) is 7.38. The lowest BCUT2D eigenvalue weighted by Crippen LogP contribution is -2.49. The van der Waals surface area contributed by atoms with Crippen molar-refractivity contribution in [2.24, 2.45) is 0 Å². The molecule has 5 nitrogen and oxygen atoms in total. The molecule has 0 aromatic carbocycles. The smallest absolute Gasteiger partial charge is 0.240 e. The Morgan fingerprint density at radius 3 is 2.96 bits per heavy atom. The molecule has 1 aromatic rings. The number of nitrogens with one attached hydrogen (secondary N) is 2. The van der Waals surface area contributed by atoms with Gasteiger partial charge in [-0.25, -0.2) is 4.98 Å². The second-order valence-corrected chi connectivity index (χ2v) is 8.12. The van der Waals surface area contributed by atoms with Gasteiger partial charge in [-0.15, -0.1) is 11.3 Å². The lowest BCUT2D eigenvalue weighted by Gasteiger charge is -2.33. The van der Waals surface area contributed by atoms with Gasteiger partial charge in [-0.2, -0.15) is 0 Å². The minimum atomic E-state index is 0.0706. The van der Waals surface area contributed by atoms with Crippen LogP contribution in [0.3, 0.4) is 0 Å². The fourth-order valence-corrected chi connectivity index (χ4v) is 4.64. The van der Waals surface area contributed by atoms with Crippen molar-refractivity contribution in [3.8, 4) is 0 Å². The van der Waals surface area contributed by atoms with E-state index >= 15 is 0 Å². The minimum absolute atomic E-state index is 0.0706. The predicted octanol–water partition coefficient (Wildman–Crippen LogP) is 2.42. The van der Waals surface area contributed by atoms with Crippen molar-refractivity contribution in [1.82, 2.24) is 15.2 Å². The fourth-order valence-electron chi connectivity index (χ4n) is 3.57. The van der Waals surface area contributed by atoms with E-state index in [1.807, 2.05) is 0 Å². The Kier molecular flexibility index (Phi) is 5.67. The molecule has 1 aliphatic carbocycles. The van der Waals surface area contributed by atoms with E-state index in [0.29, 0.717) is 18.6 Å². The summed E-state index contributed by atoms with van der Waals surface area (Å²) in [5.74, 6) is 0.0706. The molecule has 1 fully saturated rings. The second-order valence-electron chi connectivity index (χ2n) is 7.04. The van der Waals surface area contributed by atoms with E-state index in [4.69, 9.17) is 0 Å². The van der Waals surface area contributed by atoms with Crippen LogP contribution in [0.4, 0.5) is 5.13 Å². The highest BCUT2D eigenvalue weighted by atomic mass is 32.1. The Morgan fingerprint density at radius 2 is 2.17 bits per heavy atom. The third kappa shape index (κ3) is 4.75. The third-order valence-corrected chi connectivity index (χ3v) is 5.61. The molecule has 2 N–H and O–H groups in total. The zero-order chi connectivity index (χ0) is 16.2. The topological polar surface area (TPSA) is 57.3 Å². The molecule has 1 aromatic heterocycles. The second kappa shape index (κ2) is 7.73. The number of thiazole rings is 1. The summed E-state index contributed by atoms with van der Waals surface area (Å²) >= 11 is 1.66. The van der Waals surface area contributed by atoms with Crippen molar-refractivity contribution in [1.29, 1.82) is 0 Å². The van der Waals surface area contributed by atoms with Gasteiger partial charge in [0.1, 0.15) is 0 Å². The summed E-state index contributed by atoms with van der Waals surface area (Å²) < 4.78 is 0. The Hall–Kier alpha value is -0.980. The van der Waals surface area contributed by atoms with Gasteiger partial charge >= 0.3 is 0 Å². The third-order valence-electron chi connectivity index (χ3n) is 4.53. The van der Waals surface area contributed by atoms with Gasteiger partial charge in [-0.3, -0.25) is 9.69 Å². The standard InChI is InChI=1S/C17H28N4OS/c1-12(2)18-13-6-5-9-21(10-13)11-16(22)20-17-19-14-7-3-4-8-15(14)23-17/h12-13,18H,3-11H2,1-2H3,(H,19,20,22). The first-order valence-corrected chi connectivity index (χ1v) is 9.68. The number of rotatable bonds is 5. The zero-order valence-corrected chi connectivity index (χ0v) is 15.0. The van der Waals surface area contributed by atoms with Crippen LogP contribution in [0.25, 0.3) is 0 Å². The summed E-state index contributed by atoms with van der Waals surface area (Å²) in [4.78, 5) is 20.5. The summed E-state index contributed by atoms with van der Waals surface area (Å²) in [6, 6.07) is 0.999. The molecule has 0 bridgehead atoms. The van der Waals surface area contributed by atoms with Crippen molar-refractivity contribution in [3.63, 3.8) is 0 Å². The van der Waals surface area contributed by atoms with E-state index in [0.717, 1.165) is 37.5 Å². The van der Waals surface area contributed by atoms with Gasteiger partial charge in [0.2, 0.25) is 5.91 Å². The van der Waals surface area contributed by atoms with Gasteiger partial charge in [0.25, 0.3) is 0 Å². The van der Waals surface area contributed by atoms with Crippen LogP contribution in [0, 0.1) is 0 Å². The molecule has 6 heteroatoms. The average Bonchev–Trinajstić information content (AvgIpc) is 2.88. The molecular formula is C17H28N4OS. The molecule has 1 saturated heterocycles. The number of amides is 1. The highest BCUT2D eigenvalue weighted by Gasteiger charge is 2.22. The molecular weight excluding hydrogens is 308 g/mol. The number of likely N-dealkylation sites (tertiary alicyclic amines) is 1. The molecule has 1 unspecified atom stereocenters. The van der Waals surface area contributed by atoms with Crippen LogP contribution in [-0.2, 0) is 17.6 Å². The minimum Gasteiger partial charge on any atom is -0.311 e. The molecule has 3 rings (SSSR count). The van der Waals surface area contributed by atoms with E-state index in [-0.39, 0.29) is 5.91 Å². The maximum Gasteiger partial charge on any atom is 0.240 e. The van der Waals surface area contributed by atoms with E-state index in [1.54, 1.807) is 11.3 Å². The van der Waals surface area contributed by atoms with Crippen LogP contribution in [0.15, 0.2) is 0 Å². The molecule has 128 valence electrons. The van der Waals surface area contributed by atoms with E-state index in [1.165, 1.54) is 29.8 Å². The van der Waals surface area contributed by atoms with Gasteiger partial charge in [0.05, 0.1) is 12.2 Å². The SMILES string of the molecule is CC(C)NC1CCCN(CC(=O)Nc2nc3c(s2)CCCC3)C1. The van der Waals surface area contributed by atoms with Crippen molar-refractivity contribution in [2.45, 2.75) is 64.5 Å². The van der Waals surface area contributed by atoms with Crippen LogP contribution in [0.5, 0.6) is 0 Å². The molecule has 23 heavy (non-hydrogen) atoms. The van der Waals surface area contributed by atoms with Crippen LogP contribution >= 0.6 is 11.3 Å². The van der Waals surface area contributed by atoms with E-state index < -0.39 is 0 Å². The number of anilines is 1. The number of piperidine rings is 1. The van der Waals surface area contributed by atoms with Crippen molar-refractivity contribution in [3.05, 3.63) is 10.6 Å². The highest BCUT2D eigenvalue weighted by molar-refractivity contribution is 7.15. The first kappa shape index (κ1) is 16.9. The van der Waals surface area contributed by atoms with Crippen LogP contribution < -0.4 is 10.6 Å². The summed E-state index contributed by atoms with van der Waals surface area (Å²) in [6.07, 6.45) is 7.02. The van der Waals surface area contributed by atoms with Gasteiger partial charge in [-0.05, 0) is 45.1 Å². The fraction of sp³-hybridized carbons (Fsp3) is 0.765. The van der Waals surface area contributed by atoms with Gasteiger partial charge in [-0.1, -0.05) is 13.8 Å². The first-order valence-electron chi connectivity index (χ1n) is 8.87. The number of fused-ring (bicyclic) bond motifs is 1. The average molecular weight is 337 g/mol. The summed E-state index contributed by atoms with van der Waals surface area (Å²) in [7, 11) is 0. The molecule has 2 aliphatic rings. The molecule has 2 heterocycles. The predicted molar refractivity (Wildman–Crippen MR) is 95.1 cm³/mol. The van der Waals surface area contributed by atoms with E-state index in [2.05, 4.69) is 34.4 Å². The van der Waals surface area contributed by atoms with Crippen LogP contribution in [0.1, 0.15) is 50.1 Å².